The quantitative estimate of drug-likeness (QED) is 0.768. The molecule has 0 radical (unpaired) electrons. The second kappa shape index (κ2) is 8.23. The second-order valence-electron chi connectivity index (χ2n) is 7.32. The highest BCUT2D eigenvalue weighted by Crippen LogP contribution is 2.25. The van der Waals surface area contributed by atoms with Gasteiger partial charge in [0.25, 0.3) is 10.0 Å². The minimum atomic E-state index is -3.80. The lowest BCUT2D eigenvalue weighted by atomic mass is 10.0. The fourth-order valence-corrected chi connectivity index (χ4v) is 5.83. The lowest BCUT2D eigenvalue weighted by Gasteiger charge is -2.26. The van der Waals surface area contributed by atoms with Gasteiger partial charge in [-0.05, 0) is 54.7 Å². The number of benzene rings is 2. The number of hydrogen-bond acceptors (Lipinski definition) is 4. The van der Waals surface area contributed by atoms with Crippen LogP contribution in [0.25, 0.3) is 0 Å². The van der Waals surface area contributed by atoms with Gasteiger partial charge in [0.1, 0.15) is 0 Å². The Morgan fingerprint density at radius 2 is 1.50 bits per heavy atom. The number of sulfonamides is 2. The molecule has 1 N–H and O–H groups in total. The van der Waals surface area contributed by atoms with Gasteiger partial charge in [-0.2, -0.15) is 4.31 Å². The maximum absolute atomic E-state index is 12.8. The molecule has 0 aliphatic carbocycles. The molecule has 0 aromatic heterocycles. The Kier molecular flexibility index (Phi) is 6.12. The summed E-state index contributed by atoms with van der Waals surface area (Å²) in [7, 11) is -7.42. The van der Waals surface area contributed by atoms with Gasteiger partial charge in [0.2, 0.25) is 10.0 Å². The molecule has 0 saturated carbocycles. The van der Waals surface area contributed by atoms with E-state index in [1.54, 1.807) is 36.4 Å². The first-order valence-corrected chi connectivity index (χ1v) is 12.4. The van der Waals surface area contributed by atoms with Crippen LogP contribution in [0.5, 0.6) is 0 Å². The monoisotopic (exact) mass is 422 g/mol. The molecule has 1 heterocycles. The van der Waals surface area contributed by atoms with Crippen LogP contribution in [0.1, 0.15) is 44.6 Å². The summed E-state index contributed by atoms with van der Waals surface area (Å²) < 4.78 is 55.0. The minimum Gasteiger partial charge on any atom is -0.280 e. The number of rotatable bonds is 6. The van der Waals surface area contributed by atoms with Gasteiger partial charge in [0.05, 0.1) is 15.5 Å². The van der Waals surface area contributed by atoms with Crippen LogP contribution >= 0.6 is 0 Å². The van der Waals surface area contributed by atoms with Crippen LogP contribution in [0.4, 0.5) is 5.69 Å². The Morgan fingerprint density at radius 1 is 0.857 bits per heavy atom. The summed E-state index contributed by atoms with van der Waals surface area (Å²) in [5.74, 6) is 0.307. The van der Waals surface area contributed by atoms with Gasteiger partial charge in [-0.3, -0.25) is 4.72 Å². The fraction of sp³-hybridized carbons (Fsp3) is 0.400. The lowest BCUT2D eigenvalue weighted by Crippen LogP contribution is -2.35. The molecule has 152 valence electrons. The van der Waals surface area contributed by atoms with Crippen molar-refractivity contribution in [3.8, 4) is 0 Å². The van der Waals surface area contributed by atoms with E-state index >= 15 is 0 Å². The Bertz CT molecular complexity index is 1020. The lowest BCUT2D eigenvalue weighted by molar-refractivity contribution is 0.346. The van der Waals surface area contributed by atoms with Gasteiger partial charge in [0.15, 0.2) is 0 Å². The van der Waals surface area contributed by atoms with Crippen LogP contribution in [-0.4, -0.2) is 34.2 Å². The van der Waals surface area contributed by atoms with E-state index in [2.05, 4.69) is 4.72 Å². The fourth-order valence-electron chi connectivity index (χ4n) is 3.22. The summed E-state index contributed by atoms with van der Waals surface area (Å²) in [6.07, 6.45) is 2.72. The van der Waals surface area contributed by atoms with E-state index in [0.717, 1.165) is 24.8 Å². The second-order valence-corrected chi connectivity index (χ2v) is 10.9. The third-order valence-corrected chi connectivity index (χ3v) is 8.19. The molecule has 0 unspecified atom stereocenters. The molecule has 2 aromatic carbocycles. The number of nitrogens with one attached hydrogen (secondary N) is 1. The zero-order valence-electron chi connectivity index (χ0n) is 16.1. The van der Waals surface area contributed by atoms with Crippen molar-refractivity contribution in [1.29, 1.82) is 0 Å². The number of nitrogens with zero attached hydrogens (tertiary/aromatic N) is 1. The maximum atomic E-state index is 12.8. The molecule has 1 saturated heterocycles. The normalized spacial score (nSPS) is 16.2. The van der Waals surface area contributed by atoms with Crippen molar-refractivity contribution in [2.75, 3.05) is 17.8 Å². The minimum absolute atomic E-state index is 0.102. The summed E-state index contributed by atoms with van der Waals surface area (Å²) in [6, 6.07) is 12.7. The first kappa shape index (κ1) is 20.8. The summed E-state index contributed by atoms with van der Waals surface area (Å²) >= 11 is 0. The largest absolute Gasteiger partial charge is 0.280 e. The zero-order valence-corrected chi connectivity index (χ0v) is 17.8. The summed E-state index contributed by atoms with van der Waals surface area (Å²) in [6.45, 7) is 5.08. The number of piperidine rings is 1. The van der Waals surface area contributed by atoms with Crippen molar-refractivity contribution in [2.45, 2.75) is 48.8 Å². The topological polar surface area (TPSA) is 83.5 Å². The molecule has 1 aliphatic heterocycles. The molecule has 0 atom stereocenters. The maximum Gasteiger partial charge on any atom is 0.261 e. The van der Waals surface area contributed by atoms with E-state index in [4.69, 9.17) is 0 Å². The van der Waals surface area contributed by atoms with E-state index in [1.807, 2.05) is 13.8 Å². The van der Waals surface area contributed by atoms with Crippen molar-refractivity contribution in [3.63, 3.8) is 0 Å². The van der Waals surface area contributed by atoms with Gasteiger partial charge in [-0.1, -0.05) is 38.5 Å². The van der Waals surface area contributed by atoms with Crippen LogP contribution in [0.2, 0.25) is 0 Å². The first-order chi connectivity index (χ1) is 13.2. The molecule has 6 nitrogen and oxygen atoms in total. The van der Waals surface area contributed by atoms with Crippen LogP contribution in [-0.2, 0) is 20.0 Å². The smallest absolute Gasteiger partial charge is 0.261 e. The van der Waals surface area contributed by atoms with Gasteiger partial charge >= 0.3 is 0 Å². The van der Waals surface area contributed by atoms with Crippen molar-refractivity contribution >= 4 is 25.7 Å². The van der Waals surface area contributed by atoms with Crippen LogP contribution in [0, 0.1) is 0 Å². The molecule has 3 rings (SSSR count). The molecule has 1 aliphatic rings. The predicted molar refractivity (Wildman–Crippen MR) is 110 cm³/mol. The van der Waals surface area contributed by atoms with Crippen LogP contribution < -0.4 is 4.72 Å². The molecule has 2 aromatic rings. The van der Waals surface area contributed by atoms with Gasteiger partial charge in [-0.15, -0.1) is 0 Å². The SMILES string of the molecule is CC(C)c1ccc(S(=O)(=O)Nc2cccc(S(=O)(=O)N3CCCCC3)c2)cc1. The van der Waals surface area contributed by atoms with Gasteiger partial charge < -0.3 is 0 Å². The zero-order chi connectivity index (χ0) is 20.4. The highest BCUT2D eigenvalue weighted by atomic mass is 32.2. The average Bonchev–Trinajstić information content (AvgIpc) is 2.68. The Morgan fingerprint density at radius 3 is 2.11 bits per heavy atom. The van der Waals surface area contributed by atoms with Crippen LogP contribution in [0.15, 0.2) is 58.3 Å². The van der Waals surface area contributed by atoms with E-state index in [0.29, 0.717) is 19.0 Å². The molecule has 0 spiro atoms. The Hall–Kier alpha value is -1.90. The summed E-state index contributed by atoms with van der Waals surface area (Å²) in [4.78, 5) is 0.242. The van der Waals surface area contributed by atoms with E-state index in [-0.39, 0.29) is 15.5 Å². The molecule has 1 fully saturated rings. The summed E-state index contributed by atoms with van der Waals surface area (Å²) in [5.41, 5.74) is 1.28. The van der Waals surface area contributed by atoms with Crippen molar-refractivity contribution in [2.24, 2.45) is 0 Å². The predicted octanol–water partition coefficient (Wildman–Crippen LogP) is 3.79. The Balaban J connectivity index is 1.83. The molecule has 8 heteroatoms. The van der Waals surface area contributed by atoms with E-state index in [1.165, 1.54) is 16.4 Å². The highest BCUT2D eigenvalue weighted by Gasteiger charge is 2.26. The highest BCUT2D eigenvalue weighted by molar-refractivity contribution is 7.92. The van der Waals surface area contributed by atoms with E-state index < -0.39 is 20.0 Å². The molecule has 28 heavy (non-hydrogen) atoms. The number of hydrogen-bond donors (Lipinski definition) is 1. The van der Waals surface area contributed by atoms with Crippen molar-refractivity contribution < 1.29 is 16.8 Å². The first-order valence-electron chi connectivity index (χ1n) is 9.43. The van der Waals surface area contributed by atoms with Crippen LogP contribution in [0.3, 0.4) is 0 Å². The Labute approximate surface area is 167 Å². The molecular formula is C20H26N2O4S2. The molecule has 0 bridgehead atoms. The van der Waals surface area contributed by atoms with E-state index in [9.17, 15) is 16.8 Å². The van der Waals surface area contributed by atoms with Crippen molar-refractivity contribution in [1.82, 2.24) is 4.31 Å². The van der Waals surface area contributed by atoms with Crippen molar-refractivity contribution in [3.05, 3.63) is 54.1 Å². The average molecular weight is 423 g/mol. The summed E-state index contributed by atoms with van der Waals surface area (Å²) in [5, 5.41) is 0. The third-order valence-electron chi connectivity index (χ3n) is 4.90. The number of anilines is 1. The molecule has 0 amide bonds. The third kappa shape index (κ3) is 4.56. The van der Waals surface area contributed by atoms with Gasteiger partial charge in [-0.25, -0.2) is 16.8 Å². The molecular weight excluding hydrogens is 396 g/mol. The van der Waals surface area contributed by atoms with Gasteiger partial charge in [0, 0.05) is 13.1 Å². The standard InChI is InChI=1S/C20H26N2O4S2/c1-16(2)17-9-11-19(12-10-17)27(23,24)21-18-7-6-8-20(15-18)28(25,26)22-13-4-3-5-14-22/h6-12,15-16,21H,3-5,13-14H2,1-2H3.